The smallest absolute Gasteiger partial charge is 0.435 e. The molecule has 0 aliphatic carbocycles. The number of hydrogen-bond acceptors (Lipinski definition) is 4. The molecule has 2 heterocycles. The van der Waals surface area contributed by atoms with Crippen molar-refractivity contribution >= 4 is 11.7 Å². The number of hydrogen-bond donors (Lipinski definition) is 1. The molecular weight excluding hydrogens is 357 g/mol. The SMILES string of the molecule is O=C(OC1C2CNCC2CN1c1ccc(-c2ccccc2)cc1)C(F)(F)F. The first-order valence-corrected chi connectivity index (χ1v) is 8.84. The summed E-state index contributed by atoms with van der Waals surface area (Å²) in [6.07, 6.45) is -5.91. The van der Waals surface area contributed by atoms with Crippen LogP contribution in [-0.4, -0.2) is 38.0 Å². The Morgan fingerprint density at radius 3 is 2.33 bits per heavy atom. The zero-order valence-corrected chi connectivity index (χ0v) is 14.4. The summed E-state index contributed by atoms with van der Waals surface area (Å²) in [5.74, 6) is -2.12. The lowest BCUT2D eigenvalue weighted by molar-refractivity contribution is -0.206. The molecule has 4 rings (SSSR count). The van der Waals surface area contributed by atoms with E-state index in [9.17, 15) is 18.0 Å². The van der Waals surface area contributed by atoms with Crippen molar-refractivity contribution in [2.45, 2.75) is 12.4 Å². The third kappa shape index (κ3) is 3.51. The summed E-state index contributed by atoms with van der Waals surface area (Å²) in [5.41, 5.74) is 2.83. The molecule has 2 fully saturated rings. The molecule has 2 aliphatic heterocycles. The standard InChI is InChI=1S/C20H19F3N2O2/c21-20(22,23)19(26)27-18-17-11-24-10-15(17)12-25(18)16-8-6-14(7-9-16)13-4-2-1-3-5-13/h1-9,15,17-18,24H,10-12H2. The molecular formula is C20H19F3N2O2. The molecule has 7 heteroatoms. The van der Waals surface area contributed by atoms with Crippen LogP contribution in [0, 0.1) is 11.8 Å². The van der Waals surface area contributed by atoms with Crippen LogP contribution in [0.25, 0.3) is 11.1 Å². The van der Waals surface area contributed by atoms with Crippen molar-refractivity contribution in [2.24, 2.45) is 11.8 Å². The number of halogens is 3. The molecule has 4 nitrogen and oxygen atoms in total. The fourth-order valence-corrected chi connectivity index (χ4v) is 3.93. The Kier molecular flexibility index (Phi) is 4.55. The molecule has 1 N–H and O–H groups in total. The highest BCUT2D eigenvalue weighted by Gasteiger charge is 2.50. The van der Waals surface area contributed by atoms with Gasteiger partial charge in [0.1, 0.15) is 0 Å². The largest absolute Gasteiger partial charge is 0.491 e. The average molecular weight is 376 g/mol. The number of benzene rings is 2. The molecule has 3 unspecified atom stereocenters. The van der Waals surface area contributed by atoms with Gasteiger partial charge in [-0.05, 0) is 29.2 Å². The van der Waals surface area contributed by atoms with Crippen molar-refractivity contribution in [3.63, 3.8) is 0 Å². The Bertz CT molecular complexity index is 808. The van der Waals surface area contributed by atoms with Gasteiger partial charge in [-0.1, -0.05) is 42.5 Å². The van der Waals surface area contributed by atoms with Gasteiger partial charge in [-0.3, -0.25) is 0 Å². The summed E-state index contributed by atoms with van der Waals surface area (Å²) < 4.78 is 43.0. The van der Waals surface area contributed by atoms with Crippen molar-refractivity contribution in [1.82, 2.24) is 5.32 Å². The van der Waals surface area contributed by atoms with E-state index >= 15 is 0 Å². The number of carbonyl (C=O) groups excluding carboxylic acids is 1. The Hall–Kier alpha value is -2.54. The summed E-state index contributed by atoms with van der Waals surface area (Å²) in [6.45, 7) is 1.81. The third-order valence-electron chi connectivity index (χ3n) is 5.26. The van der Waals surface area contributed by atoms with Crippen LogP contribution < -0.4 is 10.2 Å². The van der Waals surface area contributed by atoms with E-state index in [1.165, 1.54) is 0 Å². The zero-order chi connectivity index (χ0) is 19.0. The van der Waals surface area contributed by atoms with E-state index < -0.39 is 18.4 Å². The van der Waals surface area contributed by atoms with Gasteiger partial charge in [-0.15, -0.1) is 0 Å². The highest BCUT2D eigenvalue weighted by atomic mass is 19.4. The number of nitrogens with one attached hydrogen (secondary N) is 1. The van der Waals surface area contributed by atoms with Crippen LogP contribution in [0.5, 0.6) is 0 Å². The molecule has 2 aliphatic rings. The molecule has 142 valence electrons. The fraction of sp³-hybridized carbons (Fsp3) is 0.350. The minimum absolute atomic E-state index is 0.148. The Morgan fingerprint density at radius 2 is 1.67 bits per heavy atom. The van der Waals surface area contributed by atoms with Gasteiger partial charge in [0.05, 0.1) is 0 Å². The molecule has 2 saturated heterocycles. The summed E-state index contributed by atoms with van der Waals surface area (Å²) in [7, 11) is 0. The molecule has 0 saturated carbocycles. The maximum Gasteiger partial charge on any atom is 0.491 e. The van der Waals surface area contributed by atoms with E-state index in [1.807, 2.05) is 54.6 Å². The molecule has 2 aromatic rings. The number of nitrogens with zero attached hydrogens (tertiary/aromatic N) is 1. The first-order chi connectivity index (χ1) is 12.9. The number of rotatable bonds is 3. The number of alkyl halides is 3. The minimum atomic E-state index is -4.99. The lowest BCUT2D eigenvalue weighted by Crippen LogP contribution is -2.42. The molecule has 0 radical (unpaired) electrons. The number of ether oxygens (including phenoxy) is 1. The Labute approximate surface area is 154 Å². The summed E-state index contributed by atoms with van der Waals surface area (Å²) in [4.78, 5) is 13.2. The molecule has 27 heavy (non-hydrogen) atoms. The van der Waals surface area contributed by atoms with Crippen LogP contribution in [-0.2, 0) is 9.53 Å². The van der Waals surface area contributed by atoms with Gasteiger partial charge >= 0.3 is 12.1 Å². The maximum absolute atomic E-state index is 12.7. The number of esters is 1. The van der Waals surface area contributed by atoms with E-state index in [2.05, 4.69) is 5.32 Å². The molecule has 2 aromatic carbocycles. The summed E-state index contributed by atoms with van der Waals surface area (Å²) in [6, 6.07) is 17.4. The van der Waals surface area contributed by atoms with E-state index in [0.717, 1.165) is 16.8 Å². The van der Waals surface area contributed by atoms with Gasteiger partial charge in [0.25, 0.3) is 0 Å². The van der Waals surface area contributed by atoms with Crippen molar-refractivity contribution in [3.8, 4) is 11.1 Å². The van der Waals surface area contributed by atoms with Crippen molar-refractivity contribution in [1.29, 1.82) is 0 Å². The second kappa shape index (κ2) is 6.88. The van der Waals surface area contributed by atoms with Crippen LogP contribution in [0.4, 0.5) is 18.9 Å². The molecule has 3 atom stereocenters. The number of carbonyl (C=O) groups is 1. The number of anilines is 1. The molecule has 0 spiro atoms. The highest BCUT2D eigenvalue weighted by Crippen LogP contribution is 2.38. The quantitative estimate of drug-likeness (QED) is 0.834. The Balaban J connectivity index is 1.58. The van der Waals surface area contributed by atoms with Gasteiger partial charge in [-0.25, -0.2) is 4.79 Å². The topological polar surface area (TPSA) is 41.6 Å². The van der Waals surface area contributed by atoms with E-state index in [-0.39, 0.29) is 11.8 Å². The van der Waals surface area contributed by atoms with Crippen LogP contribution in [0.15, 0.2) is 54.6 Å². The first kappa shape index (κ1) is 17.9. The molecule has 0 aromatic heterocycles. The first-order valence-electron chi connectivity index (χ1n) is 8.84. The second-order valence-corrected chi connectivity index (χ2v) is 6.94. The van der Waals surface area contributed by atoms with Gasteiger partial charge < -0.3 is 15.0 Å². The van der Waals surface area contributed by atoms with E-state index in [4.69, 9.17) is 4.74 Å². The summed E-state index contributed by atoms with van der Waals surface area (Å²) >= 11 is 0. The third-order valence-corrected chi connectivity index (χ3v) is 5.26. The van der Waals surface area contributed by atoms with Gasteiger partial charge in [0, 0.05) is 31.2 Å². The Morgan fingerprint density at radius 1 is 1.00 bits per heavy atom. The number of fused-ring (bicyclic) bond motifs is 1. The van der Waals surface area contributed by atoms with E-state index in [1.54, 1.807) is 4.90 Å². The van der Waals surface area contributed by atoms with Crippen LogP contribution >= 0.6 is 0 Å². The van der Waals surface area contributed by atoms with Crippen molar-refractivity contribution < 1.29 is 22.7 Å². The van der Waals surface area contributed by atoms with Crippen molar-refractivity contribution in [3.05, 3.63) is 54.6 Å². The molecule has 0 amide bonds. The monoisotopic (exact) mass is 376 g/mol. The minimum Gasteiger partial charge on any atom is -0.435 e. The predicted molar refractivity (Wildman–Crippen MR) is 95.0 cm³/mol. The van der Waals surface area contributed by atoms with Crippen molar-refractivity contribution in [2.75, 3.05) is 24.5 Å². The van der Waals surface area contributed by atoms with Crippen LogP contribution in [0.3, 0.4) is 0 Å². The van der Waals surface area contributed by atoms with E-state index in [0.29, 0.717) is 19.6 Å². The lowest BCUT2D eigenvalue weighted by Gasteiger charge is -2.29. The fourth-order valence-electron chi connectivity index (χ4n) is 3.93. The van der Waals surface area contributed by atoms with Gasteiger partial charge in [-0.2, -0.15) is 13.2 Å². The predicted octanol–water partition coefficient (Wildman–Crippen LogP) is 3.44. The second-order valence-electron chi connectivity index (χ2n) is 6.94. The summed E-state index contributed by atoms with van der Waals surface area (Å²) in [5, 5.41) is 3.17. The van der Waals surface area contributed by atoms with Crippen LogP contribution in [0.2, 0.25) is 0 Å². The maximum atomic E-state index is 12.7. The highest BCUT2D eigenvalue weighted by molar-refractivity contribution is 5.76. The normalized spacial score (nSPS) is 24.7. The van der Waals surface area contributed by atoms with Gasteiger partial charge in [0.2, 0.25) is 0 Å². The zero-order valence-electron chi connectivity index (χ0n) is 14.4. The van der Waals surface area contributed by atoms with Crippen LogP contribution in [0.1, 0.15) is 0 Å². The lowest BCUT2D eigenvalue weighted by atomic mass is 9.99. The van der Waals surface area contributed by atoms with Gasteiger partial charge in [0.15, 0.2) is 6.23 Å². The average Bonchev–Trinajstić information content (AvgIpc) is 3.24. The molecule has 0 bridgehead atoms.